The molecule has 5 atom stereocenters. The van der Waals surface area contributed by atoms with Crippen molar-refractivity contribution in [2.45, 2.75) is 36.9 Å². The van der Waals surface area contributed by atoms with Crippen LogP contribution in [0.1, 0.15) is 36.3 Å². The van der Waals surface area contributed by atoms with Crippen LogP contribution in [0.15, 0.2) is 36.4 Å². The summed E-state index contributed by atoms with van der Waals surface area (Å²) in [5, 5.41) is 0. The van der Waals surface area contributed by atoms with Crippen LogP contribution >= 0.6 is 0 Å². The number of rotatable bonds is 0. The molecule has 23 heavy (non-hydrogen) atoms. The van der Waals surface area contributed by atoms with Gasteiger partial charge in [-0.3, -0.25) is 4.90 Å². The van der Waals surface area contributed by atoms with Gasteiger partial charge >= 0.3 is 0 Å². The van der Waals surface area contributed by atoms with Crippen molar-refractivity contribution < 1.29 is 4.74 Å². The van der Waals surface area contributed by atoms with E-state index in [0.29, 0.717) is 12.1 Å². The predicted octanol–water partition coefficient (Wildman–Crippen LogP) is 3.24. The smallest absolute Gasteiger partial charge is 0.148 e. The lowest BCUT2D eigenvalue weighted by atomic mass is 9.82. The van der Waals surface area contributed by atoms with Crippen LogP contribution in [0, 0.1) is 5.92 Å². The Morgan fingerprint density at radius 1 is 1.17 bits per heavy atom. The summed E-state index contributed by atoms with van der Waals surface area (Å²) in [5.74, 6) is 3.09. The standard InChI is InChI=1S/C20H22N2O/c1-20-8-4-3-5-16(20)13-7-6-12-14-11-15(14)19-21(2)9-10-22(19)17(12)18(13)23-20/h3-8,14-16,19H,9-11H2,1-2H3. The molecule has 5 unspecified atom stereocenters. The largest absolute Gasteiger partial charge is 0.480 e. The van der Waals surface area contributed by atoms with Gasteiger partial charge < -0.3 is 9.64 Å². The summed E-state index contributed by atoms with van der Waals surface area (Å²) < 4.78 is 6.61. The molecule has 118 valence electrons. The Bertz CT molecular complexity index is 782. The van der Waals surface area contributed by atoms with Crippen molar-refractivity contribution in [2.24, 2.45) is 5.92 Å². The first kappa shape index (κ1) is 12.7. The molecule has 0 spiro atoms. The van der Waals surface area contributed by atoms with E-state index < -0.39 is 0 Å². The van der Waals surface area contributed by atoms with Gasteiger partial charge in [-0.25, -0.2) is 0 Å². The quantitative estimate of drug-likeness (QED) is 0.732. The average molecular weight is 306 g/mol. The number of anilines is 1. The van der Waals surface area contributed by atoms with Crippen LogP contribution in [0.2, 0.25) is 0 Å². The van der Waals surface area contributed by atoms with Gasteiger partial charge in [-0.2, -0.15) is 0 Å². The summed E-state index contributed by atoms with van der Waals surface area (Å²) in [6, 6.07) is 4.73. The molecule has 2 fully saturated rings. The molecule has 6 rings (SSSR count). The molecule has 0 amide bonds. The van der Waals surface area contributed by atoms with Gasteiger partial charge in [0.25, 0.3) is 0 Å². The number of benzene rings is 1. The number of likely N-dealkylation sites (N-methyl/N-ethyl adjacent to an activating group) is 1. The number of hydrogen-bond donors (Lipinski definition) is 0. The van der Waals surface area contributed by atoms with E-state index in [1.165, 1.54) is 23.2 Å². The first-order valence-electron chi connectivity index (χ1n) is 8.86. The van der Waals surface area contributed by atoms with E-state index in [-0.39, 0.29) is 5.60 Å². The molecule has 0 aromatic heterocycles. The Labute approximate surface area is 137 Å². The molecular formula is C20H22N2O. The number of fused-ring (bicyclic) bond motifs is 10. The second-order valence-corrected chi connectivity index (χ2v) is 8.02. The van der Waals surface area contributed by atoms with Gasteiger partial charge in [0.05, 0.1) is 11.9 Å². The van der Waals surface area contributed by atoms with E-state index in [4.69, 9.17) is 4.74 Å². The number of nitrogens with zero attached hydrogens (tertiary/aromatic N) is 2. The van der Waals surface area contributed by atoms with Crippen LogP contribution in [0.4, 0.5) is 5.69 Å². The maximum absolute atomic E-state index is 6.61. The maximum atomic E-state index is 6.61. The Hall–Kier alpha value is -1.74. The van der Waals surface area contributed by atoms with Crippen molar-refractivity contribution in [1.82, 2.24) is 4.90 Å². The second-order valence-electron chi connectivity index (χ2n) is 8.02. The minimum atomic E-state index is -0.215. The first-order chi connectivity index (χ1) is 11.2. The zero-order chi connectivity index (χ0) is 15.3. The van der Waals surface area contributed by atoms with Crippen molar-refractivity contribution in [2.75, 3.05) is 25.0 Å². The van der Waals surface area contributed by atoms with E-state index >= 15 is 0 Å². The summed E-state index contributed by atoms with van der Waals surface area (Å²) >= 11 is 0. The first-order valence-corrected chi connectivity index (χ1v) is 8.86. The molecule has 0 radical (unpaired) electrons. The van der Waals surface area contributed by atoms with Gasteiger partial charge in [0.1, 0.15) is 11.4 Å². The SMILES string of the molecule is CN1CCN2c3c(ccc4c3OC3(C)C=CC=CC43)C3CC3C12. The normalized spacial score (nSPS) is 41.7. The Morgan fingerprint density at radius 2 is 2.04 bits per heavy atom. The highest BCUT2D eigenvalue weighted by Crippen LogP contribution is 2.63. The fourth-order valence-electron chi connectivity index (χ4n) is 5.47. The molecule has 3 heterocycles. The summed E-state index contributed by atoms with van der Waals surface area (Å²) in [6.45, 7) is 4.52. The van der Waals surface area contributed by atoms with Crippen LogP contribution in [0.25, 0.3) is 0 Å². The van der Waals surface area contributed by atoms with Gasteiger partial charge in [-0.05, 0) is 37.9 Å². The minimum Gasteiger partial charge on any atom is -0.480 e. The summed E-state index contributed by atoms with van der Waals surface area (Å²) in [5.41, 5.74) is 4.11. The monoisotopic (exact) mass is 306 g/mol. The molecule has 3 heteroatoms. The second kappa shape index (κ2) is 3.84. The Balaban J connectivity index is 1.57. The highest BCUT2D eigenvalue weighted by Gasteiger charge is 2.57. The Kier molecular flexibility index (Phi) is 2.11. The van der Waals surface area contributed by atoms with Crippen LogP contribution in [0.3, 0.4) is 0 Å². The lowest BCUT2D eigenvalue weighted by Crippen LogP contribution is -2.42. The van der Waals surface area contributed by atoms with E-state index in [2.05, 4.69) is 60.2 Å². The lowest BCUT2D eigenvalue weighted by Gasteiger charge is -2.36. The van der Waals surface area contributed by atoms with Crippen LogP contribution in [0.5, 0.6) is 5.75 Å². The van der Waals surface area contributed by atoms with Crippen LogP contribution in [-0.4, -0.2) is 36.8 Å². The molecule has 3 aliphatic heterocycles. The van der Waals surface area contributed by atoms with Crippen LogP contribution in [-0.2, 0) is 0 Å². The molecule has 1 aromatic rings. The topological polar surface area (TPSA) is 15.7 Å². The fraction of sp³-hybridized carbons (Fsp3) is 0.500. The third-order valence-corrected chi connectivity index (χ3v) is 6.68. The third kappa shape index (κ3) is 1.41. The molecule has 5 aliphatic rings. The van der Waals surface area contributed by atoms with Gasteiger partial charge in [0.15, 0.2) is 0 Å². The summed E-state index contributed by atoms with van der Waals surface area (Å²) in [7, 11) is 2.28. The molecule has 3 nitrogen and oxygen atoms in total. The van der Waals surface area contributed by atoms with Gasteiger partial charge in [-0.15, -0.1) is 0 Å². The van der Waals surface area contributed by atoms with Crippen molar-refractivity contribution in [3.63, 3.8) is 0 Å². The van der Waals surface area contributed by atoms with E-state index in [0.717, 1.165) is 30.7 Å². The molecule has 1 saturated heterocycles. The summed E-state index contributed by atoms with van der Waals surface area (Å²) in [6.07, 6.45) is 10.7. The van der Waals surface area contributed by atoms with Gasteiger partial charge in [0.2, 0.25) is 0 Å². The van der Waals surface area contributed by atoms with Crippen molar-refractivity contribution >= 4 is 5.69 Å². The zero-order valence-corrected chi connectivity index (χ0v) is 13.7. The zero-order valence-electron chi connectivity index (χ0n) is 13.7. The number of hydrogen-bond acceptors (Lipinski definition) is 3. The number of allylic oxidation sites excluding steroid dienone is 2. The molecule has 0 N–H and O–H groups in total. The highest BCUT2D eigenvalue weighted by molar-refractivity contribution is 5.75. The maximum Gasteiger partial charge on any atom is 0.148 e. The van der Waals surface area contributed by atoms with Gasteiger partial charge in [0, 0.05) is 30.5 Å². The average Bonchev–Trinajstić information content (AvgIpc) is 3.15. The van der Waals surface area contributed by atoms with E-state index in [9.17, 15) is 0 Å². The molecule has 0 bridgehead atoms. The van der Waals surface area contributed by atoms with Crippen molar-refractivity contribution in [1.29, 1.82) is 0 Å². The fourth-order valence-corrected chi connectivity index (χ4v) is 5.47. The van der Waals surface area contributed by atoms with Crippen molar-refractivity contribution in [3.05, 3.63) is 47.6 Å². The molecule has 1 saturated carbocycles. The third-order valence-electron chi connectivity index (χ3n) is 6.68. The minimum absolute atomic E-state index is 0.215. The van der Waals surface area contributed by atoms with Crippen molar-refractivity contribution in [3.8, 4) is 5.75 Å². The number of ether oxygens (including phenoxy) is 1. The molecule has 2 aliphatic carbocycles. The lowest BCUT2D eigenvalue weighted by molar-refractivity contribution is 0.155. The van der Waals surface area contributed by atoms with Crippen LogP contribution < -0.4 is 9.64 Å². The van der Waals surface area contributed by atoms with E-state index in [1.54, 1.807) is 0 Å². The van der Waals surface area contributed by atoms with Gasteiger partial charge in [-0.1, -0.05) is 30.4 Å². The summed E-state index contributed by atoms with van der Waals surface area (Å²) in [4.78, 5) is 5.17. The molecular weight excluding hydrogens is 284 g/mol. The highest BCUT2D eigenvalue weighted by atomic mass is 16.5. The molecule has 1 aromatic carbocycles. The van der Waals surface area contributed by atoms with E-state index in [1.807, 2.05) is 0 Å². The Morgan fingerprint density at radius 3 is 2.96 bits per heavy atom. The predicted molar refractivity (Wildman–Crippen MR) is 91.1 cm³/mol.